The van der Waals surface area contributed by atoms with Crippen LogP contribution in [0.3, 0.4) is 0 Å². The summed E-state index contributed by atoms with van der Waals surface area (Å²) in [5.41, 5.74) is 2.43. The Kier molecular flexibility index (Phi) is 5.26. The number of piperidine rings is 1. The Morgan fingerprint density at radius 3 is 2.91 bits per heavy atom. The van der Waals surface area contributed by atoms with Gasteiger partial charge < -0.3 is 10.0 Å². The molecule has 2 aliphatic heterocycles. The van der Waals surface area contributed by atoms with Crippen molar-refractivity contribution in [3.05, 3.63) is 35.4 Å². The molecule has 23 heavy (non-hydrogen) atoms. The van der Waals surface area contributed by atoms with Crippen LogP contribution in [0.25, 0.3) is 0 Å². The van der Waals surface area contributed by atoms with Gasteiger partial charge in [0.15, 0.2) is 0 Å². The third-order valence-electron chi connectivity index (χ3n) is 4.82. The molecule has 1 aromatic rings. The van der Waals surface area contributed by atoms with Crippen molar-refractivity contribution >= 4 is 23.6 Å². The van der Waals surface area contributed by atoms with Gasteiger partial charge in [-0.2, -0.15) is 0 Å². The van der Waals surface area contributed by atoms with E-state index in [0.29, 0.717) is 6.42 Å². The second-order valence-electron chi connectivity index (χ2n) is 6.31. The summed E-state index contributed by atoms with van der Waals surface area (Å²) in [5, 5.41) is 8.82. The summed E-state index contributed by atoms with van der Waals surface area (Å²) in [7, 11) is 0. The van der Waals surface area contributed by atoms with Crippen LogP contribution in [-0.4, -0.2) is 40.2 Å². The Morgan fingerprint density at radius 1 is 1.26 bits per heavy atom. The molecule has 1 fully saturated rings. The summed E-state index contributed by atoms with van der Waals surface area (Å²) in [6.07, 6.45) is 4.77. The van der Waals surface area contributed by atoms with E-state index in [1.807, 2.05) is 17.0 Å². The summed E-state index contributed by atoms with van der Waals surface area (Å²) in [6.45, 7) is 0.766. The number of benzene rings is 1. The number of carboxylic acids is 1. The van der Waals surface area contributed by atoms with Gasteiger partial charge in [0.2, 0.25) is 5.91 Å². The van der Waals surface area contributed by atoms with Crippen molar-refractivity contribution in [2.45, 2.75) is 49.8 Å². The lowest BCUT2D eigenvalue weighted by Gasteiger charge is -2.38. The van der Waals surface area contributed by atoms with Gasteiger partial charge in [-0.05, 0) is 49.0 Å². The third kappa shape index (κ3) is 3.71. The number of carboxylic acid groups (broad SMARTS) is 1. The van der Waals surface area contributed by atoms with Crippen LogP contribution in [0.1, 0.15) is 48.5 Å². The number of amides is 1. The lowest BCUT2D eigenvalue weighted by atomic mass is 9.95. The Bertz CT molecular complexity index is 589. The Labute approximate surface area is 141 Å². The third-order valence-corrected chi connectivity index (χ3v) is 6.05. The topological polar surface area (TPSA) is 57.6 Å². The number of hydrogen-bond acceptors (Lipinski definition) is 3. The minimum absolute atomic E-state index is 0.0852. The first kappa shape index (κ1) is 16.4. The van der Waals surface area contributed by atoms with Crippen LogP contribution < -0.4 is 0 Å². The van der Waals surface area contributed by atoms with Crippen molar-refractivity contribution in [3.63, 3.8) is 0 Å². The predicted molar refractivity (Wildman–Crippen MR) is 91.6 cm³/mol. The molecule has 1 N–H and O–H groups in total. The maximum Gasteiger partial charge on any atom is 0.303 e. The van der Waals surface area contributed by atoms with Crippen molar-refractivity contribution < 1.29 is 14.7 Å². The van der Waals surface area contributed by atoms with E-state index in [4.69, 9.17) is 5.11 Å². The summed E-state index contributed by atoms with van der Waals surface area (Å²) < 4.78 is 0. The van der Waals surface area contributed by atoms with E-state index in [2.05, 4.69) is 12.1 Å². The molecule has 0 spiro atoms. The van der Waals surface area contributed by atoms with Gasteiger partial charge >= 0.3 is 5.97 Å². The molecule has 1 saturated heterocycles. The molecule has 0 bridgehead atoms. The fourth-order valence-corrected chi connectivity index (χ4v) is 4.89. The van der Waals surface area contributed by atoms with Crippen molar-refractivity contribution in [1.82, 2.24) is 4.90 Å². The quantitative estimate of drug-likeness (QED) is 0.919. The number of hydrogen-bond donors (Lipinski definition) is 1. The molecule has 5 heteroatoms. The molecule has 1 amide bonds. The first-order valence-electron chi connectivity index (χ1n) is 8.38. The lowest BCUT2D eigenvalue weighted by molar-refractivity contribution is -0.140. The summed E-state index contributed by atoms with van der Waals surface area (Å²) in [6, 6.07) is 8.31. The lowest BCUT2D eigenvalue weighted by Crippen LogP contribution is -2.46. The number of aryl methyl sites for hydroxylation is 1. The van der Waals surface area contributed by atoms with Crippen molar-refractivity contribution in [3.8, 4) is 0 Å². The molecule has 1 aromatic carbocycles. The van der Waals surface area contributed by atoms with Gasteiger partial charge in [0.25, 0.3) is 0 Å². The van der Waals surface area contributed by atoms with Crippen LogP contribution in [0.5, 0.6) is 0 Å². The number of nitrogens with zero attached hydrogens (tertiary/aromatic N) is 1. The molecule has 2 aliphatic rings. The van der Waals surface area contributed by atoms with E-state index < -0.39 is 5.97 Å². The summed E-state index contributed by atoms with van der Waals surface area (Å²) in [4.78, 5) is 26.0. The van der Waals surface area contributed by atoms with E-state index in [0.717, 1.165) is 43.5 Å². The van der Waals surface area contributed by atoms with Gasteiger partial charge in [-0.3, -0.25) is 9.59 Å². The van der Waals surface area contributed by atoms with Gasteiger partial charge in [-0.1, -0.05) is 24.3 Å². The SMILES string of the molecule is O=C(O)CCC1CCCCN1C(=O)C1SCCc2ccccc21. The molecular weight excluding hydrogens is 310 g/mol. The Morgan fingerprint density at radius 2 is 2.09 bits per heavy atom. The molecule has 3 rings (SSSR count). The molecule has 2 heterocycles. The Hall–Kier alpha value is -1.49. The normalized spacial score (nSPS) is 24.1. The van der Waals surface area contributed by atoms with Crippen LogP contribution in [0.2, 0.25) is 0 Å². The molecule has 0 aromatic heterocycles. The number of fused-ring (bicyclic) bond motifs is 1. The first-order chi connectivity index (χ1) is 11.2. The highest BCUT2D eigenvalue weighted by molar-refractivity contribution is 8.00. The van der Waals surface area contributed by atoms with Crippen molar-refractivity contribution in [2.24, 2.45) is 0 Å². The zero-order valence-corrected chi connectivity index (χ0v) is 14.1. The number of carbonyl (C=O) groups excluding carboxylic acids is 1. The summed E-state index contributed by atoms with van der Waals surface area (Å²) in [5.74, 6) is 0.374. The molecular formula is C18H23NO3S. The maximum absolute atomic E-state index is 13.1. The largest absolute Gasteiger partial charge is 0.481 e. The second kappa shape index (κ2) is 7.39. The smallest absolute Gasteiger partial charge is 0.303 e. The number of thioether (sulfide) groups is 1. The highest BCUT2D eigenvalue weighted by Gasteiger charge is 2.34. The number of rotatable bonds is 4. The fourth-order valence-electron chi connectivity index (χ4n) is 3.63. The molecule has 0 radical (unpaired) electrons. The highest BCUT2D eigenvalue weighted by atomic mass is 32.2. The van der Waals surface area contributed by atoms with Gasteiger partial charge in [-0.15, -0.1) is 11.8 Å². The molecule has 2 unspecified atom stereocenters. The van der Waals surface area contributed by atoms with Gasteiger partial charge in [-0.25, -0.2) is 0 Å². The van der Waals surface area contributed by atoms with E-state index in [9.17, 15) is 9.59 Å². The standard InChI is InChI=1S/C18H23NO3S/c20-16(21)9-8-14-6-3-4-11-19(14)18(22)17-15-7-2-1-5-13(15)10-12-23-17/h1-2,5,7,14,17H,3-4,6,8-12H2,(H,20,21). The van der Waals surface area contributed by atoms with E-state index >= 15 is 0 Å². The summed E-state index contributed by atoms with van der Waals surface area (Å²) >= 11 is 1.73. The highest BCUT2D eigenvalue weighted by Crippen LogP contribution is 2.39. The number of aliphatic carboxylic acids is 1. The second-order valence-corrected chi connectivity index (χ2v) is 7.53. The average Bonchev–Trinajstić information content (AvgIpc) is 2.59. The van der Waals surface area contributed by atoms with Crippen LogP contribution in [0, 0.1) is 0 Å². The van der Waals surface area contributed by atoms with Gasteiger partial charge in [0.05, 0.1) is 0 Å². The van der Waals surface area contributed by atoms with E-state index in [1.165, 1.54) is 5.56 Å². The first-order valence-corrected chi connectivity index (χ1v) is 9.43. The molecule has 4 nitrogen and oxygen atoms in total. The monoisotopic (exact) mass is 333 g/mol. The van der Waals surface area contributed by atoms with Crippen LogP contribution in [-0.2, 0) is 16.0 Å². The molecule has 124 valence electrons. The predicted octanol–water partition coefficient (Wildman–Crippen LogP) is 3.26. The molecule has 0 aliphatic carbocycles. The van der Waals surface area contributed by atoms with E-state index in [1.54, 1.807) is 11.8 Å². The van der Waals surface area contributed by atoms with E-state index in [-0.39, 0.29) is 23.6 Å². The van der Waals surface area contributed by atoms with Crippen LogP contribution in [0.15, 0.2) is 24.3 Å². The molecule has 0 saturated carbocycles. The zero-order chi connectivity index (χ0) is 16.2. The number of carbonyl (C=O) groups is 2. The average molecular weight is 333 g/mol. The van der Waals surface area contributed by atoms with Crippen LogP contribution in [0.4, 0.5) is 0 Å². The Balaban J connectivity index is 1.77. The van der Waals surface area contributed by atoms with Gasteiger partial charge in [0.1, 0.15) is 5.25 Å². The minimum Gasteiger partial charge on any atom is -0.481 e. The van der Waals surface area contributed by atoms with Gasteiger partial charge in [0, 0.05) is 19.0 Å². The van der Waals surface area contributed by atoms with Crippen molar-refractivity contribution in [2.75, 3.05) is 12.3 Å². The maximum atomic E-state index is 13.1. The fraction of sp³-hybridized carbons (Fsp3) is 0.556. The van der Waals surface area contributed by atoms with Crippen molar-refractivity contribution in [1.29, 1.82) is 0 Å². The molecule has 2 atom stereocenters. The minimum atomic E-state index is -0.777. The number of likely N-dealkylation sites (tertiary alicyclic amines) is 1. The zero-order valence-electron chi connectivity index (χ0n) is 13.2. The van der Waals surface area contributed by atoms with Crippen LogP contribution >= 0.6 is 11.8 Å².